The Morgan fingerprint density at radius 3 is 2.67 bits per heavy atom. The van der Waals surface area contributed by atoms with E-state index in [2.05, 4.69) is 5.32 Å². The molecular weight excluding hydrogens is 235 g/mol. The van der Waals surface area contributed by atoms with Crippen LogP contribution in [0.15, 0.2) is 24.3 Å². The fourth-order valence-corrected chi connectivity index (χ4v) is 1.32. The summed E-state index contributed by atoms with van der Waals surface area (Å²) >= 11 is 0. The van der Waals surface area contributed by atoms with Gasteiger partial charge in [0.15, 0.2) is 0 Å². The predicted molar refractivity (Wildman–Crippen MR) is 68.1 cm³/mol. The van der Waals surface area contributed by atoms with E-state index in [1.165, 1.54) is 12.1 Å². The van der Waals surface area contributed by atoms with Crippen molar-refractivity contribution < 1.29 is 13.9 Å². The van der Waals surface area contributed by atoms with Crippen molar-refractivity contribution in [2.75, 3.05) is 33.3 Å². The Hall–Kier alpha value is -1.62. The van der Waals surface area contributed by atoms with Crippen LogP contribution in [-0.4, -0.2) is 44.1 Å². The third-order valence-corrected chi connectivity index (χ3v) is 2.46. The van der Waals surface area contributed by atoms with Gasteiger partial charge in [0.05, 0.1) is 13.1 Å². The number of amides is 1. The molecule has 1 rings (SSSR count). The van der Waals surface area contributed by atoms with E-state index in [1.54, 1.807) is 24.1 Å². The topological polar surface area (TPSA) is 41.6 Å². The monoisotopic (exact) mass is 254 g/mol. The molecule has 0 saturated carbocycles. The zero-order chi connectivity index (χ0) is 13.4. The summed E-state index contributed by atoms with van der Waals surface area (Å²) in [6.45, 7) is 3.95. The Kier molecular flexibility index (Phi) is 6.14. The summed E-state index contributed by atoms with van der Waals surface area (Å²) in [6, 6.07) is 5.82. The molecule has 0 aromatic heterocycles. The zero-order valence-electron chi connectivity index (χ0n) is 10.8. The van der Waals surface area contributed by atoms with E-state index in [1.807, 2.05) is 6.92 Å². The number of benzene rings is 1. The van der Waals surface area contributed by atoms with E-state index >= 15 is 0 Å². The maximum Gasteiger partial charge on any atom is 0.236 e. The first-order valence-corrected chi connectivity index (χ1v) is 5.96. The lowest BCUT2D eigenvalue weighted by molar-refractivity contribution is -0.129. The van der Waals surface area contributed by atoms with Gasteiger partial charge < -0.3 is 15.0 Å². The Balaban J connectivity index is 2.24. The Bertz CT molecular complexity index is 368. The molecule has 1 N–H and O–H groups in total. The molecule has 1 aromatic rings. The SMILES string of the molecule is CCNCC(=O)N(C)CCOc1ccc(F)cc1. The molecule has 0 radical (unpaired) electrons. The molecule has 0 saturated heterocycles. The summed E-state index contributed by atoms with van der Waals surface area (Å²) in [4.78, 5) is 13.2. The summed E-state index contributed by atoms with van der Waals surface area (Å²) in [6.07, 6.45) is 0. The number of hydrogen-bond acceptors (Lipinski definition) is 3. The average molecular weight is 254 g/mol. The van der Waals surface area contributed by atoms with Crippen LogP contribution in [0.4, 0.5) is 4.39 Å². The fraction of sp³-hybridized carbons (Fsp3) is 0.462. The van der Waals surface area contributed by atoms with Gasteiger partial charge >= 0.3 is 0 Å². The minimum Gasteiger partial charge on any atom is -0.492 e. The van der Waals surface area contributed by atoms with Crippen LogP contribution in [0.25, 0.3) is 0 Å². The van der Waals surface area contributed by atoms with Crippen LogP contribution < -0.4 is 10.1 Å². The molecule has 1 amide bonds. The van der Waals surface area contributed by atoms with Crippen molar-refractivity contribution in [2.45, 2.75) is 6.92 Å². The normalized spacial score (nSPS) is 10.2. The first-order chi connectivity index (χ1) is 8.63. The van der Waals surface area contributed by atoms with Gasteiger partial charge in [0.25, 0.3) is 0 Å². The van der Waals surface area contributed by atoms with Gasteiger partial charge in [-0.1, -0.05) is 6.92 Å². The van der Waals surface area contributed by atoms with Gasteiger partial charge in [-0.3, -0.25) is 4.79 Å². The number of likely N-dealkylation sites (N-methyl/N-ethyl adjacent to an activating group) is 2. The number of hydrogen-bond donors (Lipinski definition) is 1. The summed E-state index contributed by atoms with van der Waals surface area (Å²) in [5, 5.41) is 2.97. The molecule has 0 aliphatic carbocycles. The van der Waals surface area contributed by atoms with Crippen molar-refractivity contribution in [2.24, 2.45) is 0 Å². The second-order valence-electron chi connectivity index (χ2n) is 3.90. The highest BCUT2D eigenvalue weighted by Gasteiger charge is 2.07. The van der Waals surface area contributed by atoms with Crippen LogP contribution in [0.3, 0.4) is 0 Å². The maximum absolute atomic E-state index is 12.6. The van der Waals surface area contributed by atoms with Crippen molar-refractivity contribution in [3.8, 4) is 5.75 Å². The van der Waals surface area contributed by atoms with E-state index < -0.39 is 0 Å². The fourth-order valence-electron chi connectivity index (χ4n) is 1.32. The lowest BCUT2D eigenvalue weighted by atomic mass is 10.3. The van der Waals surface area contributed by atoms with Crippen LogP contribution in [0.2, 0.25) is 0 Å². The smallest absolute Gasteiger partial charge is 0.236 e. The number of halogens is 1. The van der Waals surface area contributed by atoms with Crippen molar-refractivity contribution in [3.63, 3.8) is 0 Å². The number of rotatable bonds is 7. The van der Waals surface area contributed by atoms with Crippen LogP contribution >= 0.6 is 0 Å². The second kappa shape index (κ2) is 7.66. The molecule has 100 valence electrons. The highest BCUT2D eigenvalue weighted by Crippen LogP contribution is 2.10. The first kappa shape index (κ1) is 14.4. The van der Waals surface area contributed by atoms with Gasteiger partial charge in [-0.15, -0.1) is 0 Å². The largest absolute Gasteiger partial charge is 0.492 e. The lowest BCUT2D eigenvalue weighted by Gasteiger charge is -2.17. The zero-order valence-corrected chi connectivity index (χ0v) is 10.8. The summed E-state index contributed by atoms with van der Waals surface area (Å²) < 4.78 is 18.1. The Labute approximate surface area is 107 Å². The molecule has 4 nitrogen and oxygen atoms in total. The molecule has 0 aliphatic heterocycles. The Morgan fingerprint density at radius 1 is 1.39 bits per heavy atom. The molecule has 0 atom stereocenters. The predicted octanol–water partition coefficient (Wildman–Crippen LogP) is 1.27. The lowest BCUT2D eigenvalue weighted by Crippen LogP contribution is -2.37. The first-order valence-electron chi connectivity index (χ1n) is 5.96. The second-order valence-corrected chi connectivity index (χ2v) is 3.90. The van der Waals surface area contributed by atoms with Gasteiger partial charge in [0, 0.05) is 7.05 Å². The minimum absolute atomic E-state index is 0.0274. The quantitative estimate of drug-likeness (QED) is 0.797. The molecule has 0 unspecified atom stereocenters. The maximum atomic E-state index is 12.6. The van der Waals surface area contributed by atoms with E-state index in [0.717, 1.165) is 6.54 Å². The molecule has 1 aromatic carbocycles. The van der Waals surface area contributed by atoms with Crippen LogP contribution in [0.1, 0.15) is 6.92 Å². The van der Waals surface area contributed by atoms with E-state index in [9.17, 15) is 9.18 Å². The highest BCUT2D eigenvalue weighted by molar-refractivity contribution is 5.77. The van der Waals surface area contributed by atoms with Crippen molar-refractivity contribution in [1.29, 1.82) is 0 Å². The molecule has 0 spiro atoms. The molecular formula is C13H19FN2O2. The summed E-state index contributed by atoms with van der Waals surface area (Å²) in [7, 11) is 1.73. The van der Waals surface area contributed by atoms with Crippen LogP contribution in [-0.2, 0) is 4.79 Å². The number of nitrogens with one attached hydrogen (secondary N) is 1. The van der Waals surface area contributed by atoms with Gasteiger partial charge in [0.1, 0.15) is 18.2 Å². The van der Waals surface area contributed by atoms with E-state index in [0.29, 0.717) is 25.4 Å². The highest BCUT2D eigenvalue weighted by atomic mass is 19.1. The molecule has 18 heavy (non-hydrogen) atoms. The van der Waals surface area contributed by atoms with Crippen molar-refractivity contribution in [1.82, 2.24) is 10.2 Å². The number of carbonyl (C=O) groups is 1. The number of carbonyl (C=O) groups excluding carboxylic acids is 1. The molecule has 0 bridgehead atoms. The standard InChI is InChI=1S/C13H19FN2O2/c1-3-15-10-13(17)16(2)8-9-18-12-6-4-11(14)5-7-12/h4-7,15H,3,8-10H2,1-2H3. The van der Waals surface area contributed by atoms with Crippen molar-refractivity contribution in [3.05, 3.63) is 30.1 Å². The third-order valence-electron chi connectivity index (χ3n) is 2.46. The molecule has 0 fully saturated rings. The van der Waals surface area contributed by atoms with Gasteiger partial charge in [-0.2, -0.15) is 0 Å². The van der Waals surface area contributed by atoms with Gasteiger partial charge in [-0.05, 0) is 30.8 Å². The average Bonchev–Trinajstić information content (AvgIpc) is 2.38. The van der Waals surface area contributed by atoms with Gasteiger partial charge in [0.2, 0.25) is 5.91 Å². The molecule has 0 aliphatic rings. The van der Waals surface area contributed by atoms with Crippen LogP contribution in [0.5, 0.6) is 5.75 Å². The van der Waals surface area contributed by atoms with Gasteiger partial charge in [-0.25, -0.2) is 4.39 Å². The van der Waals surface area contributed by atoms with E-state index in [-0.39, 0.29) is 11.7 Å². The minimum atomic E-state index is -0.291. The number of ether oxygens (including phenoxy) is 1. The van der Waals surface area contributed by atoms with Crippen LogP contribution in [0, 0.1) is 5.82 Å². The number of nitrogens with zero attached hydrogens (tertiary/aromatic N) is 1. The molecule has 0 heterocycles. The van der Waals surface area contributed by atoms with Crippen molar-refractivity contribution >= 4 is 5.91 Å². The summed E-state index contributed by atoms with van der Waals surface area (Å²) in [5.41, 5.74) is 0. The summed E-state index contributed by atoms with van der Waals surface area (Å²) in [5.74, 6) is 0.337. The molecule has 5 heteroatoms. The third kappa shape index (κ3) is 5.14. The Morgan fingerprint density at radius 2 is 2.06 bits per heavy atom. The van der Waals surface area contributed by atoms with E-state index in [4.69, 9.17) is 4.74 Å².